The summed E-state index contributed by atoms with van der Waals surface area (Å²) in [7, 11) is 0. The molecular formula is C15H17N5O2S. The van der Waals surface area contributed by atoms with Gasteiger partial charge in [0.15, 0.2) is 12.4 Å². The van der Waals surface area contributed by atoms with E-state index in [0.717, 1.165) is 17.8 Å². The van der Waals surface area contributed by atoms with Gasteiger partial charge in [-0.05, 0) is 37.1 Å². The van der Waals surface area contributed by atoms with E-state index in [4.69, 9.17) is 4.74 Å². The highest BCUT2D eigenvalue weighted by atomic mass is 32.1. The molecule has 3 aromatic rings. The zero-order valence-electron chi connectivity index (χ0n) is 13.2. The number of ether oxygens (including phenoxy) is 1. The average Bonchev–Trinajstić information content (AvgIpc) is 3.08. The van der Waals surface area contributed by atoms with E-state index in [1.807, 2.05) is 39.0 Å². The number of rotatable bonds is 5. The molecule has 0 aliphatic carbocycles. The molecular weight excluding hydrogens is 314 g/mol. The summed E-state index contributed by atoms with van der Waals surface area (Å²) in [6.07, 6.45) is 0.730. The standard InChI is InChI=1S/C15H17N5O2S/c1-4-12-17-18-15-20(12)19-14(23-15)16-13(21)8-22-11-6-5-9(2)10(3)7-11/h5-7H,4,8H2,1-3H3,(H,16,19,21). The van der Waals surface area contributed by atoms with E-state index in [-0.39, 0.29) is 12.5 Å². The number of nitrogens with one attached hydrogen (secondary N) is 1. The van der Waals surface area contributed by atoms with Crippen molar-refractivity contribution in [3.8, 4) is 5.75 Å². The Morgan fingerprint density at radius 1 is 1.30 bits per heavy atom. The smallest absolute Gasteiger partial charge is 0.264 e. The van der Waals surface area contributed by atoms with Crippen molar-refractivity contribution < 1.29 is 9.53 Å². The Labute approximate surface area is 137 Å². The molecule has 0 aliphatic rings. The summed E-state index contributed by atoms with van der Waals surface area (Å²) in [5.74, 6) is 1.18. The minimum absolute atomic E-state index is 0.0662. The zero-order chi connectivity index (χ0) is 16.4. The van der Waals surface area contributed by atoms with Crippen LogP contribution in [-0.4, -0.2) is 32.3 Å². The lowest BCUT2D eigenvalue weighted by molar-refractivity contribution is -0.118. The van der Waals surface area contributed by atoms with Crippen LogP contribution in [0, 0.1) is 13.8 Å². The summed E-state index contributed by atoms with van der Waals surface area (Å²) in [5, 5.41) is 15.5. The van der Waals surface area contributed by atoms with Crippen LogP contribution < -0.4 is 10.1 Å². The van der Waals surface area contributed by atoms with Crippen LogP contribution in [0.4, 0.5) is 5.13 Å². The minimum Gasteiger partial charge on any atom is -0.484 e. The van der Waals surface area contributed by atoms with E-state index in [1.165, 1.54) is 16.9 Å². The van der Waals surface area contributed by atoms with Crippen LogP contribution in [0.3, 0.4) is 0 Å². The molecule has 2 heterocycles. The van der Waals surface area contributed by atoms with E-state index in [1.54, 1.807) is 4.52 Å². The zero-order valence-corrected chi connectivity index (χ0v) is 14.0. The van der Waals surface area contributed by atoms with Gasteiger partial charge in [0.25, 0.3) is 5.91 Å². The third kappa shape index (κ3) is 3.31. The lowest BCUT2D eigenvalue weighted by Gasteiger charge is -2.07. The van der Waals surface area contributed by atoms with Crippen LogP contribution >= 0.6 is 11.3 Å². The summed E-state index contributed by atoms with van der Waals surface area (Å²) < 4.78 is 7.15. The van der Waals surface area contributed by atoms with Crippen molar-refractivity contribution >= 4 is 27.3 Å². The molecule has 0 saturated heterocycles. The number of aryl methyl sites for hydroxylation is 3. The summed E-state index contributed by atoms with van der Waals surface area (Å²) in [4.78, 5) is 12.6. The van der Waals surface area contributed by atoms with Gasteiger partial charge in [0.2, 0.25) is 10.1 Å². The predicted octanol–water partition coefficient (Wildman–Crippen LogP) is 2.38. The fraction of sp³-hybridized carbons (Fsp3) is 0.333. The van der Waals surface area contributed by atoms with Crippen molar-refractivity contribution in [3.05, 3.63) is 35.2 Å². The van der Waals surface area contributed by atoms with Crippen LogP contribution in [0.15, 0.2) is 18.2 Å². The van der Waals surface area contributed by atoms with Gasteiger partial charge in [-0.1, -0.05) is 24.3 Å². The van der Waals surface area contributed by atoms with E-state index in [0.29, 0.717) is 15.8 Å². The Hall–Kier alpha value is -2.48. The maximum atomic E-state index is 12.0. The number of nitrogens with zero attached hydrogens (tertiary/aromatic N) is 4. The number of benzene rings is 1. The number of anilines is 1. The van der Waals surface area contributed by atoms with Crippen LogP contribution in [0.1, 0.15) is 23.9 Å². The molecule has 1 aromatic carbocycles. The number of amides is 1. The fourth-order valence-electron chi connectivity index (χ4n) is 2.04. The van der Waals surface area contributed by atoms with Crippen molar-refractivity contribution in [2.24, 2.45) is 0 Å². The molecule has 2 aromatic heterocycles. The number of hydrogen-bond donors (Lipinski definition) is 1. The van der Waals surface area contributed by atoms with Gasteiger partial charge in [-0.3, -0.25) is 10.1 Å². The second-order valence-electron chi connectivity index (χ2n) is 5.15. The van der Waals surface area contributed by atoms with Crippen molar-refractivity contribution in [2.45, 2.75) is 27.2 Å². The molecule has 0 bridgehead atoms. The van der Waals surface area contributed by atoms with Gasteiger partial charge >= 0.3 is 0 Å². The monoisotopic (exact) mass is 331 g/mol. The van der Waals surface area contributed by atoms with Crippen LogP contribution in [0.25, 0.3) is 4.96 Å². The van der Waals surface area contributed by atoms with Gasteiger partial charge < -0.3 is 4.74 Å². The Balaban J connectivity index is 1.61. The topological polar surface area (TPSA) is 81.4 Å². The Bertz CT molecular complexity index is 855. The van der Waals surface area contributed by atoms with Gasteiger partial charge in [0.05, 0.1) is 0 Å². The van der Waals surface area contributed by atoms with Crippen LogP contribution in [0.5, 0.6) is 5.75 Å². The molecule has 120 valence electrons. The summed E-state index contributed by atoms with van der Waals surface area (Å²) in [5.41, 5.74) is 2.32. The number of aromatic nitrogens is 4. The SMILES string of the molecule is CCc1nnc2sc(NC(=O)COc3ccc(C)c(C)c3)nn12. The largest absolute Gasteiger partial charge is 0.484 e. The summed E-state index contributed by atoms with van der Waals surface area (Å²) in [6, 6.07) is 5.74. The molecule has 3 rings (SSSR count). The fourth-order valence-corrected chi connectivity index (χ4v) is 2.81. The lowest BCUT2D eigenvalue weighted by Crippen LogP contribution is -2.20. The second-order valence-corrected chi connectivity index (χ2v) is 6.11. The van der Waals surface area contributed by atoms with E-state index < -0.39 is 0 Å². The normalized spacial score (nSPS) is 10.9. The quantitative estimate of drug-likeness (QED) is 0.776. The third-order valence-corrected chi connectivity index (χ3v) is 4.28. The van der Waals surface area contributed by atoms with Gasteiger partial charge in [-0.2, -0.15) is 4.52 Å². The highest BCUT2D eigenvalue weighted by Gasteiger charge is 2.12. The first-order valence-electron chi connectivity index (χ1n) is 7.28. The molecule has 0 saturated carbocycles. The molecule has 0 fully saturated rings. The van der Waals surface area contributed by atoms with Crippen LogP contribution in [-0.2, 0) is 11.2 Å². The van der Waals surface area contributed by atoms with Crippen molar-refractivity contribution in [2.75, 3.05) is 11.9 Å². The number of fused-ring (bicyclic) bond motifs is 1. The van der Waals surface area contributed by atoms with E-state index >= 15 is 0 Å². The Morgan fingerprint density at radius 3 is 2.87 bits per heavy atom. The van der Waals surface area contributed by atoms with E-state index in [2.05, 4.69) is 20.6 Å². The Morgan fingerprint density at radius 2 is 2.13 bits per heavy atom. The van der Waals surface area contributed by atoms with Gasteiger partial charge in [0, 0.05) is 6.42 Å². The summed E-state index contributed by atoms with van der Waals surface area (Å²) >= 11 is 1.28. The number of hydrogen-bond acceptors (Lipinski definition) is 6. The lowest BCUT2D eigenvalue weighted by atomic mass is 10.1. The van der Waals surface area contributed by atoms with E-state index in [9.17, 15) is 4.79 Å². The minimum atomic E-state index is -0.258. The highest BCUT2D eigenvalue weighted by molar-refractivity contribution is 7.20. The molecule has 8 heteroatoms. The van der Waals surface area contributed by atoms with Gasteiger partial charge in [-0.25, -0.2) is 0 Å². The molecule has 23 heavy (non-hydrogen) atoms. The number of carbonyl (C=O) groups excluding carboxylic acids is 1. The molecule has 0 atom stereocenters. The van der Waals surface area contributed by atoms with Crippen molar-refractivity contribution in [3.63, 3.8) is 0 Å². The molecule has 0 spiro atoms. The molecule has 0 radical (unpaired) electrons. The molecule has 0 aliphatic heterocycles. The first kappa shape index (κ1) is 15.4. The van der Waals surface area contributed by atoms with Crippen LogP contribution in [0.2, 0.25) is 0 Å². The summed E-state index contributed by atoms with van der Waals surface area (Å²) in [6.45, 7) is 5.95. The average molecular weight is 331 g/mol. The Kier molecular flexibility index (Phi) is 4.24. The van der Waals surface area contributed by atoms with Crippen molar-refractivity contribution in [1.82, 2.24) is 19.8 Å². The van der Waals surface area contributed by atoms with Crippen molar-refractivity contribution in [1.29, 1.82) is 0 Å². The number of carbonyl (C=O) groups is 1. The molecule has 1 amide bonds. The first-order valence-corrected chi connectivity index (χ1v) is 8.09. The second kappa shape index (κ2) is 6.33. The maximum absolute atomic E-state index is 12.0. The highest BCUT2D eigenvalue weighted by Crippen LogP contribution is 2.19. The first-order chi connectivity index (χ1) is 11.1. The van der Waals surface area contributed by atoms with Gasteiger partial charge in [-0.15, -0.1) is 15.3 Å². The third-order valence-electron chi connectivity index (χ3n) is 3.47. The molecule has 7 nitrogen and oxygen atoms in total. The predicted molar refractivity (Wildman–Crippen MR) is 88.1 cm³/mol. The molecule has 1 N–H and O–H groups in total. The van der Waals surface area contributed by atoms with Gasteiger partial charge in [0.1, 0.15) is 5.75 Å². The maximum Gasteiger partial charge on any atom is 0.264 e. The molecule has 0 unspecified atom stereocenters.